The molecule has 0 spiro atoms. The van der Waals surface area contributed by atoms with Crippen LogP contribution in [0, 0.1) is 5.92 Å². The first-order chi connectivity index (χ1) is 15.6. The van der Waals surface area contributed by atoms with Crippen molar-refractivity contribution in [1.82, 2.24) is 4.90 Å². The van der Waals surface area contributed by atoms with Gasteiger partial charge in [0.2, 0.25) is 0 Å². The highest BCUT2D eigenvalue weighted by atomic mass is 16.5. The molecule has 2 N–H and O–H groups in total. The van der Waals surface area contributed by atoms with E-state index in [1.165, 1.54) is 10.3 Å². The van der Waals surface area contributed by atoms with E-state index in [9.17, 15) is 15.0 Å². The largest absolute Gasteiger partial charge is 0.465 e. The van der Waals surface area contributed by atoms with Gasteiger partial charge in [0.25, 0.3) is 0 Å². The van der Waals surface area contributed by atoms with Crippen LogP contribution in [0.3, 0.4) is 0 Å². The van der Waals surface area contributed by atoms with Crippen LogP contribution in [0.15, 0.2) is 66.7 Å². The van der Waals surface area contributed by atoms with Crippen molar-refractivity contribution in [1.29, 1.82) is 0 Å². The molecule has 1 saturated heterocycles. The molecule has 0 radical (unpaired) electrons. The summed E-state index contributed by atoms with van der Waals surface area (Å²) in [5.74, 6) is -0.0508. The van der Waals surface area contributed by atoms with Crippen LogP contribution < -0.4 is 0 Å². The Balaban J connectivity index is 1.60. The minimum Gasteiger partial charge on any atom is -0.465 e. The summed E-state index contributed by atoms with van der Waals surface area (Å²) in [5.41, 5.74) is 2.96. The molecule has 0 saturated carbocycles. The fourth-order valence-electron chi connectivity index (χ4n) is 4.65. The second kappa shape index (κ2) is 10.1. The van der Waals surface area contributed by atoms with Crippen molar-refractivity contribution in [2.45, 2.75) is 25.2 Å². The van der Waals surface area contributed by atoms with Gasteiger partial charge in [-0.2, -0.15) is 0 Å². The van der Waals surface area contributed by atoms with E-state index in [-0.39, 0.29) is 24.5 Å². The molecule has 1 amide bonds. The number of carbonyl (C=O) groups is 1. The maximum Gasteiger partial charge on any atom is 0.407 e. The number of piperidine rings is 1. The average molecular weight is 436 g/mol. The van der Waals surface area contributed by atoms with Crippen LogP contribution in [0.5, 0.6) is 0 Å². The van der Waals surface area contributed by atoms with Gasteiger partial charge in [-0.15, -0.1) is 0 Å². The number of methoxy groups -OCH3 is 1. The molecular formula is C26H29NO5. The van der Waals surface area contributed by atoms with E-state index in [0.717, 1.165) is 22.1 Å². The van der Waals surface area contributed by atoms with E-state index in [1.807, 2.05) is 36.4 Å². The van der Waals surface area contributed by atoms with Gasteiger partial charge in [0, 0.05) is 25.5 Å². The molecule has 3 unspecified atom stereocenters. The molecule has 6 heteroatoms. The monoisotopic (exact) mass is 435 g/mol. The first-order valence-corrected chi connectivity index (χ1v) is 10.8. The molecular weight excluding hydrogens is 406 g/mol. The standard InChI is InChI=1S/C26H29NO5/c1-31-17-23-13-27(26(29)30)14-24(25(23)21-10-6-18(15-28)7-11-21)32-16-19-8-9-20-4-2-3-5-22(20)12-19/h2-12,23-25,28H,13-17H2,1H3,(H,29,30). The van der Waals surface area contributed by atoms with Crippen LogP contribution in [0.25, 0.3) is 10.8 Å². The average Bonchev–Trinajstić information content (AvgIpc) is 2.82. The molecule has 0 bridgehead atoms. The van der Waals surface area contributed by atoms with Gasteiger partial charge in [0.15, 0.2) is 0 Å². The minimum absolute atomic E-state index is 0.0128. The third kappa shape index (κ3) is 4.93. The van der Waals surface area contributed by atoms with Crippen LogP contribution in [-0.2, 0) is 22.7 Å². The lowest BCUT2D eigenvalue weighted by molar-refractivity contribution is -0.0518. The van der Waals surface area contributed by atoms with Crippen molar-refractivity contribution in [2.75, 3.05) is 26.8 Å². The van der Waals surface area contributed by atoms with Gasteiger partial charge in [-0.05, 0) is 33.5 Å². The molecule has 32 heavy (non-hydrogen) atoms. The lowest BCUT2D eigenvalue weighted by atomic mass is 9.78. The van der Waals surface area contributed by atoms with E-state index in [0.29, 0.717) is 26.3 Å². The van der Waals surface area contributed by atoms with Crippen molar-refractivity contribution < 1.29 is 24.5 Å². The number of hydrogen-bond donors (Lipinski definition) is 2. The number of ether oxygens (including phenoxy) is 2. The Morgan fingerprint density at radius 3 is 2.41 bits per heavy atom. The summed E-state index contributed by atoms with van der Waals surface area (Å²) >= 11 is 0. The molecule has 1 aliphatic rings. The molecule has 0 aliphatic carbocycles. The Morgan fingerprint density at radius 2 is 1.72 bits per heavy atom. The topological polar surface area (TPSA) is 79.2 Å². The normalized spacial score (nSPS) is 21.1. The third-order valence-electron chi connectivity index (χ3n) is 6.24. The number of aliphatic hydroxyl groups is 1. The number of aliphatic hydroxyl groups excluding tert-OH is 1. The lowest BCUT2D eigenvalue weighted by Crippen LogP contribution is -2.52. The molecule has 1 fully saturated rings. The summed E-state index contributed by atoms with van der Waals surface area (Å²) in [6.07, 6.45) is -1.26. The minimum atomic E-state index is -0.945. The van der Waals surface area contributed by atoms with Crippen LogP contribution in [0.4, 0.5) is 4.79 Å². The first kappa shape index (κ1) is 22.3. The zero-order valence-corrected chi connectivity index (χ0v) is 18.2. The van der Waals surface area contributed by atoms with Crippen molar-refractivity contribution in [3.05, 3.63) is 83.4 Å². The summed E-state index contributed by atoms with van der Waals surface area (Å²) in [6, 6.07) is 22.2. The number of likely N-dealkylation sites (tertiary alicyclic amines) is 1. The van der Waals surface area contributed by atoms with Gasteiger partial charge in [-0.25, -0.2) is 4.79 Å². The fourth-order valence-corrected chi connectivity index (χ4v) is 4.65. The number of nitrogens with zero attached hydrogens (tertiary/aromatic N) is 1. The van der Waals surface area contributed by atoms with Gasteiger partial charge >= 0.3 is 6.09 Å². The summed E-state index contributed by atoms with van der Waals surface area (Å²) < 4.78 is 11.8. The van der Waals surface area contributed by atoms with Gasteiger partial charge in [0.05, 0.1) is 32.5 Å². The summed E-state index contributed by atoms with van der Waals surface area (Å²) in [4.78, 5) is 13.2. The predicted molar refractivity (Wildman–Crippen MR) is 123 cm³/mol. The molecule has 4 rings (SSSR count). The van der Waals surface area contributed by atoms with Gasteiger partial charge in [-0.1, -0.05) is 60.7 Å². The number of benzene rings is 3. The quantitative estimate of drug-likeness (QED) is 0.580. The summed E-state index contributed by atoms with van der Waals surface area (Å²) in [6.45, 7) is 1.52. The summed E-state index contributed by atoms with van der Waals surface area (Å²) in [7, 11) is 1.64. The number of hydrogen-bond acceptors (Lipinski definition) is 4. The van der Waals surface area contributed by atoms with Crippen molar-refractivity contribution in [2.24, 2.45) is 5.92 Å². The number of fused-ring (bicyclic) bond motifs is 1. The van der Waals surface area contributed by atoms with E-state index >= 15 is 0 Å². The lowest BCUT2D eigenvalue weighted by Gasteiger charge is -2.42. The van der Waals surface area contributed by atoms with Crippen LogP contribution in [-0.4, -0.2) is 54.1 Å². The van der Waals surface area contributed by atoms with Gasteiger partial charge in [0.1, 0.15) is 0 Å². The molecule has 0 aromatic heterocycles. The van der Waals surface area contributed by atoms with Gasteiger partial charge < -0.3 is 24.6 Å². The molecule has 1 heterocycles. The third-order valence-corrected chi connectivity index (χ3v) is 6.24. The maximum absolute atomic E-state index is 11.8. The van der Waals surface area contributed by atoms with E-state index in [1.54, 1.807) is 7.11 Å². The van der Waals surface area contributed by atoms with E-state index in [2.05, 4.69) is 30.3 Å². The predicted octanol–water partition coefficient (Wildman–Crippen LogP) is 4.26. The first-order valence-electron chi connectivity index (χ1n) is 10.8. The Labute approximate surface area is 188 Å². The Kier molecular flexibility index (Phi) is 7.05. The molecule has 3 aromatic rings. The van der Waals surface area contributed by atoms with Crippen LogP contribution >= 0.6 is 0 Å². The zero-order valence-electron chi connectivity index (χ0n) is 18.2. The molecule has 3 aromatic carbocycles. The van der Waals surface area contributed by atoms with E-state index in [4.69, 9.17) is 9.47 Å². The Hall–Kier alpha value is -2.93. The smallest absolute Gasteiger partial charge is 0.407 e. The van der Waals surface area contributed by atoms with Crippen molar-refractivity contribution in [3.8, 4) is 0 Å². The van der Waals surface area contributed by atoms with Crippen LogP contribution in [0.1, 0.15) is 22.6 Å². The number of amides is 1. The summed E-state index contributed by atoms with van der Waals surface area (Å²) in [5, 5.41) is 21.4. The number of rotatable bonds is 7. The van der Waals surface area contributed by atoms with Crippen molar-refractivity contribution in [3.63, 3.8) is 0 Å². The SMILES string of the molecule is COCC1CN(C(=O)O)CC(OCc2ccc3ccccc3c2)C1c1ccc(CO)cc1. The fraction of sp³-hybridized carbons (Fsp3) is 0.346. The molecule has 6 nitrogen and oxygen atoms in total. The molecule has 168 valence electrons. The van der Waals surface area contributed by atoms with Crippen molar-refractivity contribution >= 4 is 16.9 Å². The Bertz CT molecular complexity index is 1050. The second-order valence-electron chi connectivity index (χ2n) is 8.36. The maximum atomic E-state index is 11.8. The Morgan fingerprint density at radius 1 is 1.00 bits per heavy atom. The van der Waals surface area contributed by atoms with Crippen LogP contribution in [0.2, 0.25) is 0 Å². The highest BCUT2D eigenvalue weighted by Gasteiger charge is 2.40. The van der Waals surface area contributed by atoms with Gasteiger partial charge in [-0.3, -0.25) is 0 Å². The van der Waals surface area contributed by atoms with E-state index < -0.39 is 6.09 Å². The number of carboxylic acid groups (broad SMARTS) is 1. The molecule has 3 atom stereocenters. The highest BCUT2D eigenvalue weighted by Crippen LogP contribution is 2.36. The second-order valence-corrected chi connectivity index (χ2v) is 8.36. The highest BCUT2D eigenvalue weighted by molar-refractivity contribution is 5.82. The zero-order chi connectivity index (χ0) is 22.5. The molecule has 1 aliphatic heterocycles.